The van der Waals surface area contributed by atoms with E-state index in [2.05, 4.69) is 15.3 Å². The Hall–Kier alpha value is -3.36. The molecule has 2 heterocycles. The largest absolute Gasteiger partial charge is 0.465 e. The molecule has 0 saturated carbocycles. The molecule has 0 radical (unpaired) electrons. The molecule has 1 amide bonds. The number of fused-ring (bicyclic) bond motifs is 1. The summed E-state index contributed by atoms with van der Waals surface area (Å²) in [5.41, 5.74) is -0.308. The summed E-state index contributed by atoms with van der Waals surface area (Å²) in [7, 11) is 0. The van der Waals surface area contributed by atoms with E-state index in [4.69, 9.17) is 5.11 Å². The summed E-state index contributed by atoms with van der Waals surface area (Å²) in [5, 5.41) is 10.7. The SMILES string of the molecule is Cc1c(F)cncc1-n1c(CCNC(=O)O)nc2cccc(F)c2c1=O. The van der Waals surface area contributed by atoms with Crippen molar-refractivity contribution >= 4 is 17.0 Å². The summed E-state index contributed by atoms with van der Waals surface area (Å²) in [6, 6.07) is 4.04. The molecule has 9 heteroatoms. The van der Waals surface area contributed by atoms with Gasteiger partial charge in [0.15, 0.2) is 0 Å². The molecule has 0 aliphatic rings. The summed E-state index contributed by atoms with van der Waals surface area (Å²) in [4.78, 5) is 31.6. The first-order valence-electron chi connectivity index (χ1n) is 7.67. The van der Waals surface area contributed by atoms with Crippen LogP contribution in [0.5, 0.6) is 0 Å². The Labute approximate surface area is 145 Å². The van der Waals surface area contributed by atoms with Crippen molar-refractivity contribution in [3.63, 3.8) is 0 Å². The highest BCUT2D eigenvalue weighted by atomic mass is 19.1. The third kappa shape index (κ3) is 3.10. The lowest BCUT2D eigenvalue weighted by atomic mass is 10.2. The van der Waals surface area contributed by atoms with E-state index in [0.29, 0.717) is 0 Å². The van der Waals surface area contributed by atoms with Crippen molar-refractivity contribution in [2.45, 2.75) is 13.3 Å². The average Bonchev–Trinajstić information content (AvgIpc) is 2.58. The standard InChI is InChI=1S/C17H14F2N4O3/c1-9-11(19)7-20-8-13(9)23-14(5-6-21-17(25)26)22-12-4-2-3-10(18)15(12)16(23)24/h2-4,7-8,21H,5-6H2,1H3,(H,25,26). The van der Waals surface area contributed by atoms with Crippen LogP contribution in [0.25, 0.3) is 16.6 Å². The third-order valence-electron chi connectivity index (χ3n) is 3.91. The Balaban J connectivity index is 2.28. The minimum absolute atomic E-state index is 0.0234. The molecule has 0 aliphatic heterocycles. The lowest BCUT2D eigenvalue weighted by Gasteiger charge is -2.15. The van der Waals surface area contributed by atoms with Crippen molar-refractivity contribution in [1.82, 2.24) is 19.9 Å². The number of nitrogens with one attached hydrogen (secondary N) is 1. The van der Waals surface area contributed by atoms with Crippen molar-refractivity contribution in [1.29, 1.82) is 0 Å². The number of halogens is 2. The van der Waals surface area contributed by atoms with Crippen LogP contribution in [0.3, 0.4) is 0 Å². The number of hydrogen-bond acceptors (Lipinski definition) is 4. The van der Waals surface area contributed by atoms with E-state index in [1.165, 1.54) is 25.3 Å². The predicted molar refractivity (Wildman–Crippen MR) is 89.5 cm³/mol. The summed E-state index contributed by atoms with van der Waals surface area (Å²) in [6.45, 7) is 1.44. The van der Waals surface area contributed by atoms with Gasteiger partial charge in [0.1, 0.15) is 22.8 Å². The number of pyridine rings is 1. The topological polar surface area (TPSA) is 97.1 Å². The van der Waals surface area contributed by atoms with Gasteiger partial charge in [-0.2, -0.15) is 0 Å². The Morgan fingerprint density at radius 2 is 2.04 bits per heavy atom. The first kappa shape index (κ1) is 17.5. The molecule has 0 unspecified atom stereocenters. The van der Waals surface area contributed by atoms with Gasteiger partial charge in [0.05, 0.1) is 23.6 Å². The number of carbonyl (C=O) groups is 1. The van der Waals surface area contributed by atoms with Gasteiger partial charge in [-0.1, -0.05) is 6.07 Å². The normalized spacial score (nSPS) is 10.9. The molecule has 7 nitrogen and oxygen atoms in total. The highest BCUT2D eigenvalue weighted by Gasteiger charge is 2.18. The fourth-order valence-electron chi connectivity index (χ4n) is 2.65. The molecular weight excluding hydrogens is 346 g/mol. The summed E-state index contributed by atoms with van der Waals surface area (Å²) >= 11 is 0. The highest BCUT2D eigenvalue weighted by Crippen LogP contribution is 2.19. The second-order valence-corrected chi connectivity index (χ2v) is 5.55. The zero-order chi connectivity index (χ0) is 18.8. The van der Waals surface area contributed by atoms with Crippen LogP contribution >= 0.6 is 0 Å². The van der Waals surface area contributed by atoms with Gasteiger partial charge in [-0.25, -0.2) is 18.6 Å². The van der Waals surface area contributed by atoms with E-state index in [0.717, 1.165) is 16.8 Å². The average molecular weight is 360 g/mol. The molecule has 0 fully saturated rings. The van der Waals surface area contributed by atoms with Crippen LogP contribution in [0, 0.1) is 18.6 Å². The van der Waals surface area contributed by atoms with E-state index >= 15 is 0 Å². The molecule has 134 valence electrons. The molecule has 0 saturated heterocycles. The Morgan fingerprint density at radius 1 is 1.27 bits per heavy atom. The van der Waals surface area contributed by atoms with Gasteiger partial charge in [0, 0.05) is 18.5 Å². The predicted octanol–water partition coefficient (Wildman–Crippen LogP) is 2.18. The van der Waals surface area contributed by atoms with Gasteiger partial charge < -0.3 is 10.4 Å². The van der Waals surface area contributed by atoms with Crippen LogP contribution in [0.2, 0.25) is 0 Å². The van der Waals surface area contributed by atoms with Crippen molar-refractivity contribution in [3.05, 3.63) is 64.0 Å². The monoisotopic (exact) mass is 360 g/mol. The molecular formula is C17H14F2N4O3. The molecule has 26 heavy (non-hydrogen) atoms. The number of hydrogen-bond donors (Lipinski definition) is 2. The van der Waals surface area contributed by atoms with E-state index in [-0.39, 0.29) is 40.9 Å². The zero-order valence-electron chi connectivity index (χ0n) is 13.7. The van der Waals surface area contributed by atoms with Crippen molar-refractivity contribution in [2.24, 2.45) is 0 Å². The molecule has 0 spiro atoms. The smallest absolute Gasteiger partial charge is 0.404 e. The van der Waals surface area contributed by atoms with Crippen LogP contribution in [-0.4, -0.2) is 32.3 Å². The Kier molecular flexibility index (Phi) is 4.61. The number of carboxylic acid groups (broad SMARTS) is 1. The quantitative estimate of drug-likeness (QED) is 0.743. The highest BCUT2D eigenvalue weighted by molar-refractivity contribution is 5.78. The number of aromatic nitrogens is 3. The van der Waals surface area contributed by atoms with Gasteiger partial charge in [0.25, 0.3) is 5.56 Å². The summed E-state index contributed by atoms with van der Waals surface area (Å²) in [6.07, 6.45) is 1.10. The van der Waals surface area contributed by atoms with Gasteiger partial charge in [-0.05, 0) is 19.1 Å². The second-order valence-electron chi connectivity index (χ2n) is 5.55. The maximum atomic E-state index is 14.2. The number of nitrogens with zero attached hydrogens (tertiary/aromatic N) is 3. The Bertz CT molecular complexity index is 1070. The van der Waals surface area contributed by atoms with E-state index in [1.807, 2.05) is 0 Å². The first-order chi connectivity index (χ1) is 12.4. The molecule has 3 aromatic rings. The molecule has 2 N–H and O–H groups in total. The summed E-state index contributed by atoms with van der Waals surface area (Å²) in [5.74, 6) is -1.21. The van der Waals surface area contributed by atoms with Crippen LogP contribution < -0.4 is 10.9 Å². The van der Waals surface area contributed by atoms with Crippen molar-refractivity contribution < 1.29 is 18.7 Å². The van der Waals surface area contributed by atoms with Crippen molar-refractivity contribution in [3.8, 4) is 5.69 Å². The Morgan fingerprint density at radius 3 is 2.77 bits per heavy atom. The first-order valence-corrected chi connectivity index (χ1v) is 7.67. The maximum Gasteiger partial charge on any atom is 0.404 e. The number of rotatable bonds is 4. The number of benzene rings is 1. The van der Waals surface area contributed by atoms with Crippen LogP contribution in [-0.2, 0) is 6.42 Å². The molecule has 0 aliphatic carbocycles. The fourth-order valence-corrected chi connectivity index (χ4v) is 2.65. The zero-order valence-corrected chi connectivity index (χ0v) is 13.7. The second kappa shape index (κ2) is 6.87. The lowest BCUT2D eigenvalue weighted by molar-refractivity contribution is 0.194. The van der Waals surface area contributed by atoms with Crippen molar-refractivity contribution in [2.75, 3.05) is 6.54 Å². The van der Waals surface area contributed by atoms with E-state index in [1.54, 1.807) is 0 Å². The molecule has 2 aromatic heterocycles. The van der Waals surface area contributed by atoms with Crippen LogP contribution in [0.1, 0.15) is 11.4 Å². The van der Waals surface area contributed by atoms with Gasteiger partial charge in [-0.15, -0.1) is 0 Å². The number of amides is 1. The molecule has 0 atom stereocenters. The molecule has 1 aromatic carbocycles. The lowest BCUT2D eigenvalue weighted by Crippen LogP contribution is -2.29. The molecule has 3 rings (SSSR count). The maximum absolute atomic E-state index is 14.2. The minimum Gasteiger partial charge on any atom is -0.465 e. The van der Waals surface area contributed by atoms with E-state index in [9.17, 15) is 18.4 Å². The third-order valence-corrected chi connectivity index (χ3v) is 3.91. The minimum atomic E-state index is -1.23. The fraction of sp³-hybridized carbons (Fsp3) is 0.176. The molecule has 0 bridgehead atoms. The van der Waals surface area contributed by atoms with Crippen LogP contribution in [0.4, 0.5) is 13.6 Å². The van der Waals surface area contributed by atoms with E-state index < -0.39 is 23.3 Å². The van der Waals surface area contributed by atoms with Gasteiger partial charge >= 0.3 is 6.09 Å². The summed E-state index contributed by atoms with van der Waals surface area (Å²) < 4.78 is 29.2. The van der Waals surface area contributed by atoms with Gasteiger partial charge in [0.2, 0.25) is 0 Å². The van der Waals surface area contributed by atoms with Gasteiger partial charge in [-0.3, -0.25) is 14.3 Å². The van der Waals surface area contributed by atoms with Crippen LogP contribution in [0.15, 0.2) is 35.4 Å².